The molecule has 0 saturated heterocycles. The topological polar surface area (TPSA) is 3.24 Å². The Balaban J connectivity index is 1.98. The predicted octanol–water partition coefficient (Wildman–Crippen LogP) is 0.910. The monoisotopic (exact) mass is 185 g/mol. The molecule has 0 spiro atoms. The Labute approximate surface area is 86.8 Å². The quantitative estimate of drug-likeness (QED) is 0.619. The molecule has 0 fully saturated rings. The molecule has 0 aromatic heterocycles. The molecule has 0 amide bonds. The lowest BCUT2D eigenvalue weighted by molar-refractivity contribution is 0.370. The molecule has 0 radical (unpaired) electrons. The standard InChI is InChI=1S/C12H16BN/c1-10-6-7-14(8-10)9-11-2-4-12(13)5-3-11/h2-7,10H,8-9,13H2,1H3. The molecule has 2 rings (SSSR count). The fourth-order valence-corrected chi connectivity index (χ4v) is 1.81. The summed E-state index contributed by atoms with van der Waals surface area (Å²) in [4.78, 5) is 2.37. The summed E-state index contributed by atoms with van der Waals surface area (Å²) in [6.45, 7) is 4.46. The van der Waals surface area contributed by atoms with Crippen LogP contribution in [0.3, 0.4) is 0 Å². The van der Waals surface area contributed by atoms with Gasteiger partial charge in [-0.1, -0.05) is 42.7 Å². The Morgan fingerprint density at radius 3 is 2.64 bits per heavy atom. The van der Waals surface area contributed by atoms with Crippen LogP contribution in [0.15, 0.2) is 36.5 Å². The molecule has 0 N–H and O–H groups in total. The molecule has 72 valence electrons. The molecule has 2 heteroatoms. The molecule has 0 aliphatic carbocycles. The number of rotatable bonds is 2. The van der Waals surface area contributed by atoms with Crippen LogP contribution in [0.2, 0.25) is 0 Å². The van der Waals surface area contributed by atoms with Crippen LogP contribution in [-0.4, -0.2) is 19.3 Å². The third-order valence-corrected chi connectivity index (χ3v) is 2.65. The van der Waals surface area contributed by atoms with E-state index in [9.17, 15) is 0 Å². The number of benzene rings is 1. The van der Waals surface area contributed by atoms with Crippen molar-refractivity contribution in [2.45, 2.75) is 13.5 Å². The van der Waals surface area contributed by atoms with E-state index in [1.165, 1.54) is 11.0 Å². The van der Waals surface area contributed by atoms with E-state index in [4.69, 9.17) is 0 Å². The lowest BCUT2D eigenvalue weighted by Crippen LogP contribution is -2.17. The molecule has 1 aromatic rings. The van der Waals surface area contributed by atoms with Gasteiger partial charge >= 0.3 is 0 Å². The zero-order chi connectivity index (χ0) is 9.97. The molecule has 0 saturated carbocycles. The maximum absolute atomic E-state index is 2.37. The van der Waals surface area contributed by atoms with E-state index in [1.54, 1.807) is 0 Å². The summed E-state index contributed by atoms with van der Waals surface area (Å²) < 4.78 is 0. The molecule has 14 heavy (non-hydrogen) atoms. The summed E-state index contributed by atoms with van der Waals surface area (Å²) in [6, 6.07) is 8.79. The molecule has 1 aliphatic heterocycles. The van der Waals surface area contributed by atoms with Crippen molar-refractivity contribution in [3.8, 4) is 0 Å². The Hall–Kier alpha value is -1.18. The maximum atomic E-state index is 2.37. The molecule has 1 atom stereocenters. The highest BCUT2D eigenvalue weighted by Crippen LogP contribution is 2.14. The third kappa shape index (κ3) is 2.19. The summed E-state index contributed by atoms with van der Waals surface area (Å²) >= 11 is 0. The Morgan fingerprint density at radius 1 is 1.36 bits per heavy atom. The molecule has 1 unspecified atom stereocenters. The van der Waals surface area contributed by atoms with E-state index in [1.807, 2.05) is 0 Å². The van der Waals surface area contributed by atoms with Crippen LogP contribution in [0.5, 0.6) is 0 Å². The Kier molecular flexibility index (Phi) is 2.62. The Morgan fingerprint density at radius 2 is 2.07 bits per heavy atom. The first-order chi connectivity index (χ1) is 6.74. The third-order valence-electron chi connectivity index (χ3n) is 2.65. The number of hydrogen-bond acceptors (Lipinski definition) is 1. The van der Waals surface area contributed by atoms with Gasteiger partial charge in [0.15, 0.2) is 0 Å². The van der Waals surface area contributed by atoms with Crippen LogP contribution in [0.25, 0.3) is 0 Å². The van der Waals surface area contributed by atoms with Gasteiger partial charge < -0.3 is 4.90 Å². The van der Waals surface area contributed by atoms with E-state index in [-0.39, 0.29) is 0 Å². The van der Waals surface area contributed by atoms with Crippen molar-refractivity contribution in [1.82, 2.24) is 4.90 Å². The first-order valence-corrected chi connectivity index (χ1v) is 5.22. The normalized spacial score (nSPS) is 20.4. The van der Waals surface area contributed by atoms with Crippen molar-refractivity contribution in [2.24, 2.45) is 5.92 Å². The number of nitrogens with zero attached hydrogens (tertiary/aromatic N) is 1. The molecule has 0 bridgehead atoms. The van der Waals surface area contributed by atoms with Crippen LogP contribution < -0.4 is 5.46 Å². The zero-order valence-corrected chi connectivity index (χ0v) is 8.90. The summed E-state index contributed by atoms with van der Waals surface area (Å²) in [5.74, 6) is 0.709. The number of hydrogen-bond donors (Lipinski definition) is 0. The molecular weight excluding hydrogens is 169 g/mol. The van der Waals surface area contributed by atoms with E-state index >= 15 is 0 Å². The van der Waals surface area contributed by atoms with Gasteiger partial charge in [0.1, 0.15) is 7.85 Å². The lowest BCUT2D eigenvalue weighted by Gasteiger charge is -2.16. The Bertz CT molecular complexity index is 329. The van der Waals surface area contributed by atoms with Crippen LogP contribution in [0.4, 0.5) is 0 Å². The predicted molar refractivity (Wildman–Crippen MR) is 63.3 cm³/mol. The SMILES string of the molecule is Bc1ccc(CN2C=CC(C)C2)cc1. The van der Waals surface area contributed by atoms with Gasteiger partial charge in [0, 0.05) is 13.1 Å². The first kappa shape index (κ1) is 9.38. The minimum Gasteiger partial charge on any atom is -0.373 e. The van der Waals surface area contributed by atoms with Crippen LogP contribution in [0, 0.1) is 5.92 Å². The fourth-order valence-electron chi connectivity index (χ4n) is 1.81. The minimum atomic E-state index is 0.709. The van der Waals surface area contributed by atoms with E-state index in [2.05, 4.69) is 56.2 Å². The van der Waals surface area contributed by atoms with Crippen LogP contribution in [0.1, 0.15) is 12.5 Å². The van der Waals surface area contributed by atoms with Gasteiger partial charge in [-0.25, -0.2) is 0 Å². The molecule has 1 nitrogen and oxygen atoms in total. The van der Waals surface area contributed by atoms with Gasteiger partial charge in [-0.05, 0) is 17.7 Å². The second-order valence-electron chi connectivity index (χ2n) is 4.23. The molecular formula is C12H16BN. The van der Waals surface area contributed by atoms with Crippen molar-refractivity contribution in [2.75, 3.05) is 6.54 Å². The maximum Gasteiger partial charge on any atom is 0.139 e. The highest BCUT2D eigenvalue weighted by molar-refractivity contribution is 6.32. The van der Waals surface area contributed by atoms with Crippen LogP contribution >= 0.6 is 0 Å². The second kappa shape index (κ2) is 3.91. The van der Waals surface area contributed by atoms with Gasteiger partial charge in [0.25, 0.3) is 0 Å². The highest BCUT2D eigenvalue weighted by Gasteiger charge is 2.10. The zero-order valence-electron chi connectivity index (χ0n) is 8.90. The van der Waals surface area contributed by atoms with Crippen molar-refractivity contribution in [3.05, 3.63) is 42.1 Å². The lowest BCUT2D eigenvalue weighted by atomic mass is 9.95. The minimum absolute atomic E-state index is 0.709. The van der Waals surface area contributed by atoms with Gasteiger partial charge in [-0.2, -0.15) is 0 Å². The smallest absolute Gasteiger partial charge is 0.139 e. The van der Waals surface area contributed by atoms with E-state index < -0.39 is 0 Å². The van der Waals surface area contributed by atoms with Crippen molar-refractivity contribution in [1.29, 1.82) is 0 Å². The fraction of sp³-hybridized carbons (Fsp3) is 0.333. The molecule has 1 heterocycles. The highest BCUT2D eigenvalue weighted by atomic mass is 15.1. The first-order valence-electron chi connectivity index (χ1n) is 5.22. The van der Waals surface area contributed by atoms with Gasteiger partial charge in [0.2, 0.25) is 0 Å². The van der Waals surface area contributed by atoms with Crippen molar-refractivity contribution >= 4 is 13.3 Å². The average molecular weight is 185 g/mol. The van der Waals surface area contributed by atoms with Crippen molar-refractivity contribution in [3.63, 3.8) is 0 Å². The van der Waals surface area contributed by atoms with Gasteiger partial charge in [-0.3, -0.25) is 0 Å². The summed E-state index contributed by atoms with van der Waals surface area (Å²) in [5, 5.41) is 0. The summed E-state index contributed by atoms with van der Waals surface area (Å²) in [5.41, 5.74) is 2.73. The molecule has 1 aliphatic rings. The van der Waals surface area contributed by atoms with E-state index in [0.717, 1.165) is 13.1 Å². The largest absolute Gasteiger partial charge is 0.373 e. The van der Waals surface area contributed by atoms with Gasteiger partial charge in [0.05, 0.1) is 0 Å². The van der Waals surface area contributed by atoms with Gasteiger partial charge in [-0.15, -0.1) is 0 Å². The van der Waals surface area contributed by atoms with E-state index in [0.29, 0.717) is 5.92 Å². The average Bonchev–Trinajstić information content (AvgIpc) is 2.56. The summed E-state index contributed by atoms with van der Waals surface area (Å²) in [7, 11) is 2.13. The van der Waals surface area contributed by atoms with Crippen LogP contribution in [-0.2, 0) is 6.54 Å². The molecule has 1 aromatic carbocycles. The second-order valence-corrected chi connectivity index (χ2v) is 4.23. The van der Waals surface area contributed by atoms with Crippen molar-refractivity contribution < 1.29 is 0 Å². The summed E-state index contributed by atoms with van der Waals surface area (Å²) in [6.07, 6.45) is 4.48.